The molecule has 1 N–H and O–H groups in total. The number of anilines is 2. The Morgan fingerprint density at radius 1 is 1.00 bits per heavy atom. The first-order valence-corrected chi connectivity index (χ1v) is 8.85. The van der Waals surface area contributed by atoms with E-state index in [1.54, 1.807) is 35.9 Å². The predicted molar refractivity (Wildman–Crippen MR) is 99.4 cm³/mol. The number of thiophene rings is 1. The molecular weight excluding hydrogens is 356 g/mol. The van der Waals surface area contributed by atoms with Gasteiger partial charge in [0.15, 0.2) is 0 Å². The Balaban J connectivity index is 1.54. The molecule has 7 heteroatoms. The smallest absolute Gasteiger partial charge is 0.320 e. The lowest BCUT2D eigenvalue weighted by molar-refractivity contribution is 0.587. The summed E-state index contributed by atoms with van der Waals surface area (Å²) >= 11 is 7.56. The lowest BCUT2D eigenvalue weighted by atomic mass is 10.1. The van der Waals surface area contributed by atoms with Crippen LogP contribution in [0.25, 0.3) is 11.5 Å². The Bertz CT molecular complexity index is 966. The van der Waals surface area contributed by atoms with Gasteiger partial charge < -0.3 is 9.73 Å². The molecule has 25 heavy (non-hydrogen) atoms. The van der Waals surface area contributed by atoms with E-state index in [2.05, 4.69) is 20.5 Å². The molecule has 0 unspecified atom stereocenters. The fraction of sp³-hybridized carbons (Fsp3) is 0.0556. The minimum atomic E-state index is 0.346. The number of pyridine rings is 1. The van der Waals surface area contributed by atoms with Crippen LogP contribution in [-0.4, -0.2) is 15.2 Å². The van der Waals surface area contributed by atoms with Gasteiger partial charge in [-0.25, -0.2) is 0 Å². The van der Waals surface area contributed by atoms with E-state index in [9.17, 15) is 0 Å². The van der Waals surface area contributed by atoms with E-state index in [4.69, 9.17) is 16.0 Å². The van der Waals surface area contributed by atoms with E-state index in [1.165, 1.54) is 10.4 Å². The normalized spacial score (nSPS) is 10.8. The van der Waals surface area contributed by atoms with E-state index in [0.717, 1.165) is 17.7 Å². The lowest BCUT2D eigenvalue weighted by Gasteiger charge is -2.01. The Labute approximate surface area is 153 Å². The van der Waals surface area contributed by atoms with Crippen molar-refractivity contribution in [3.05, 3.63) is 75.7 Å². The van der Waals surface area contributed by atoms with Crippen molar-refractivity contribution in [2.45, 2.75) is 6.42 Å². The molecule has 0 aliphatic rings. The van der Waals surface area contributed by atoms with Gasteiger partial charge in [0.05, 0.1) is 5.56 Å². The van der Waals surface area contributed by atoms with E-state index < -0.39 is 0 Å². The molecule has 0 saturated carbocycles. The van der Waals surface area contributed by atoms with Crippen LogP contribution in [0.15, 0.2) is 64.7 Å². The molecule has 3 heterocycles. The summed E-state index contributed by atoms with van der Waals surface area (Å²) in [6.07, 6.45) is 4.39. The van der Waals surface area contributed by atoms with Crippen LogP contribution in [0, 0.1) is 0 Å². The number of hydrogen-bond donors (Lipinski definition) is 1. The molecule has 124 valence electrons. The molecule has 0 fully saturated rings. The third kappa shape index (κ3) is 3.70. The highest BCUT2D eigenvalue weighted by atomic mass is 35.5. The van der Waals surface area contributed by atoms with Gasteiger partial charge in [0.25, 0.3) is 5.89 Å². The highest BCUT2D eigenvalue weighted by Crippen LogP contribution is 2.30. The number of halogens is 1. The minimum Gasteiger partial charge on any atom is -0.403 e. The first-order chi connectivity index (χ1) is 12.3. The highest BCUT2D eigenvalue weighted by molar-refractivity contribution is 7.10. The number of nitrogens with zero attached hydrogens (tertiary/aromatic N) is 3. The van der Waals surface area contributed by atoms with Gasteiger partial charge in [0.2, 0.25) is 0 Å². The van der Waals surface area contributed by atoms with Crippen LogP contribution in [0.2, 0.25) is 5.02 Å². The van der Waals surface area contributed by atoms with Gasteiger partial charge in [0.1, 0.15) is 0 Å². The zero-order valence-corrected chi connectivity index (χ0v) is 14.6. The molecule has 4 aromatic rings. The molecule has 0 bridgehead atoms. The average Bonchev–Trinajstić information content (AvgIpc) is 3.27. The molecule has 0 atom stereocenters. The van der Waals surface area contributed by atoms with Crippen molar-refractivity contribution in [1.29, 1.82) is 0 Å². The molecule has 0 aliphatic heterocycles. The topological polar surface area (TPSA) is 63.8 Å². The third-order valence-electron chi connectivity index (χ3n) is 3.61. The maximum atomic E-state index is 5.89. The van der Waals surface area contributed by atoms with E-state index >= 15 is 0 Å². The fourth-order valence-electron chi connectivity index (χ4n) is 2.39. The maximum Gasteiger partial charge on any atom is 0.320 e. The van der Waals surface area contributed by atoms with Crippen molar-refractivity contribution in [1.82, 2.24) is 15.2 Å². The van der Waals surface area contributed by atoms with Gasteiger partial charge in [-0.3, -0.25) is 4.98 Å². The largest absolute Gasteiger partial charge is 0.403 e. The monoisotopic (exact) mass is 368 g/mol. The first-order valence-electron chi connectivity index (χ1n) is 7.60. The predicted octanol–water partition coefficient (Wildman–Crippen LogP) is 5.18. The number of aromatic nitrogens is 3. The SMILES string of the molecule is Clc1ccc(Nc2nnc(-c3ccsc3Cc3ccncc3)o2)cc1. The molecule has 4 rings (SSSR count). The van der Waals surface area contributed by atoms with Crippen molar-refractivity contribution in [2.75, 3.05) is 5.32 Å². The van der Waals surface area contributed by atoms with Crippen molar-refractivity contribution < 1.29 is 4.42 Å². The Morgan fingerprint density at radius 2 is 1.80 bits per heavy atom. The third-order valence-corrected chi connectivity index (χ3v) is 4.78. The van der Waals surface area contributed by atoms with Gasteiger partial charge in [0, 0.05) is 34.4 Å². The molecule has 0 aliphatic carbocycles. The molecule has 1 aromatic carbocycles. The number of hydrogen-bond acceptors (Lipinski definition) is 6. The molecule has 3 aromatic heterocycles. The van der Waals surface area contributed by atoms with Crippen LogP contribution in [0.3, 0.4) is 0 Å². The summed E-state index contributed by atoms with van der Waals surface area (Å²) < 4.78 is 5.77. The van der Waals surface area contributed by atoms with Crippen LogP contribution >= 0.6 is 22.9 Å². The number of rotatable bonds is 5. The van der Waals surface area contributed by atoms with Crippen LogP contribution < -0.4 is 5.32 Å². The van der Waals surface area contributed by atoms with Crippen molar-refractivity contribution in [3.8, 4) is 11.5 Å². The van der Waals surface area contributed by atoms with Gasteiger partial charge in [-0.1, -0.05) is 16.7 Å². The summed E-state index contributed by atoms with van der Waals surface area (Å²) in [7, 11) is 0. The molecule has 5 nitrogen and oxygen atoms in total. The van der Waals surface area contributed by atoms with Crippen LogP contribution in [0.1, 0.15) is 10.4 Å². The van der Waals surface area contributed by atoms with E-state index in [-0.39, 0.29) is 0 Å². The minimum absolute atomic E-state index is 0.346. The summed E-state index contributed by atoms with van der Waals surface area (Å²) in [4.78, 5) is 5.22. The second-order valence-electron chi connectivity index (χ2n) is 5.33. The standard InChI is InChI=1S/C18H13ClN4OS/c19-13-1-3-14(4-2-13)21-18-23-22-17(24-18)15-7-10-25-16(15)11-12-5-8-20-9-6-12/h1-10H,11H2,(H,21,23). The Hall–Kier alpha value is -2.70. The van der Waals surface area contributed by atoms with Crippen LogP contribution in [0.4, 0.5) is 11.7 Å². The first kappa shape index (κ1) is 15.8. The average molecular weight is 369 g/mol. The van der Waals surface area contributed by atoms with Gasteiger partial charge >= 0.3 is 6.01 Å². The molecule has 0 radical (unpaired) electrons. The molecule has 0 spiro atoms. The summed E-state index contributed by atoms with van der Waals surface area (Å²) in [6.45, 7) is 0. The Kier molecular flexibility index (Phi) is 4.45. The number of benzene rings is 1. The van der Waals surface area contributed by atoms with Gasteiger partial charge in [-0.2, -0.15) is 0 Å². The molecule has 0 saturated heterocycles. The zero-order chi connectivity index (χ0) is 17.1. The number of nitrogens with one attached hydrogen (secondary N) is 1. The maximum absolute atomic E-state index is 5.89. The summed E-state index contributed by atoms with van der Waals surface area (Å²) in [5.41, 5.74) is 2.98. The van der Waals surface area contributed by atoms with Crippen molar-refractivity contribution >= 4 is 34.6 Å². The fourth-order valence-corrected chi connectivity index (χ4v) is 3.42. The quantitative estimate of drug-likeness (QED) is 0.525. The Morgan fingerprint density at radius 3 is 2.60 bits per heavy atom. The van der Waals surface area contributed by atoms with E-state index in [1.807, 2.05) is 35.7 Å². The van der Waals surface area contributed by atoms with Gasteiger partial charge in [-0.15, -0.1) is 16.4 Å². The summed E-state index contributed by atoms with van der Waals surface area (Å²) in [6, 6.07) is 13.7. The second kappa shape index (κ2) is 7.04. The lowest BCUT2D eigenvalue weighted by Crippen LogP contribution is -1.89. The van der Waals surface area contributed by atoms with E-state index in [0.29, 0.717) is 16.9 Å². The zero-order valence-electron chi connectivity index (χ0n) is 13.0. The molecular formula is C18H13ClN4OS. The summed E-state index contributed by atoms with van der Waals surface area (Å²) in [5.74, 6) is 0.502. The second-order valence-corrected chi connectivity index (χ2v) is 6.77. The van der Waals surface area contributed by atoms with Crippen LogP contribution in [0.5, 0.6) is 0 Å². The van der Waals surface area contributed by atoms with Crippen LogP contribution in [-0.2, 0) is 6.42 Å². The van der Waals surface area contributed by atoms with Crippen molar-refractivity contribution in [2.24, 2.45) is 0 Å². The molecule has 0 amide bonds. The van der Waals surface area contributed by atoms with Crippen molar-refractivity contribution in [3.63, 3.8) is 0 Å². The highest BCUT2D eigenvalue weighted by Gasteiger charge is 2.14. The summed E-state index contributed by atoms with van der Waals surface area (Å²) in [5, 5.41) is 14.0. The van der Waals surface area contributed by atoms with Gasteiger partial charge in [-0.05, 0) is 53.4 Å².